The van der Waals surface area contributed by atoms with Crippen molar-refractivity contribution < 1.29 is 9.47 Å². The molecule has 4 nitrogen and oxygen atoms in total. The van der Waals surface area contributed by atoms with E-state index in [0.717, 1.165) is 31.6 Å². The lowest BCUT2D eigenvalue weighted by molar-refractivity contribution is -0.102. The van der Waals surface area contributed by atoms with E-state index >= 15 is 0 Å². The number of fused-ring (bicyclic) bond motifs is 1. The molecule has 0 radical (unpaired) electrons. The topological polar surface area (TPSA) is 34.6 Å². The molecule has 0 saturated carbocycles. The summed E-state index contributed by atoms with van der Waals surface area (Å²) in [4.78, 5) is 6.88. The van der Waals surface area contributed by atoms with Crippen molar-refractivity contribution in [1.29, 1.82) is 0 Å². The molecule has 5 heteroatoms. The average molecular weight is 344 g/mol. The maximum atomic E-state index is 6.31. The fraction of sp³-hybridized carbons (Fsp3) is 0.526. The van der Waals surface area contributed by atoms with Gasteiger partial charge in [0.15, 0.2) is 0 Å². The van der Waals surface area contributed by atoms with Gasteiger partial charge in [0.05, 0.1) is 31.1 Å². The second kappa shape index (κ2) is 7.74. The molecule has 0 aromatic carbocycles. The Morgan fingerprint density at radius 2 is 2.25 bits per heavy atom. The highest BCUT2D eigenvalue weighted by molar-refractivity contribution is 7.07. The molecule has 0 unspecified atom stereocenters. The highest BCUT2D eigenvalue weighted by atomic mass is 32.1. The third kappa shape index (κ3) is 3.86. The van der Waals surface area contributed by atoms with Crippen LogP contribution in [0.2, 0.25) is 0 Å². The van der Waals surface area contributed by atoms with Crippen LogP contribution in [-0.4, -0.2) is 41.3 Å². The Balaban J connectivity index is 1.23. The molecular formula is C19H24N2O2S. The lowest BCUT2D eigenvalue weighted by Crippen LogP contribution is -2.43. The first-order valence-corrected chi connectivity index (χ1v) is 9.71. The fourth-order valence-electron chi connectivity index (χ4n) is 3.80. The van der Waals surface area contributed by atoms with Crippen LogP contribution in [0.15, 0.2) is 41.2 Å². The van der Waals surface area contributed by atoms with E-state index in [1.165, 1.54) is 12.0 Å². The smallest absolute Gasteiger partial charge is 0.0889 e. The molecule has 0 aliphatic carbocycles. The van der Waals surface area contributed by atoms with Crippen molar-refractivity contribution in [3.8, 4) is 0 Å². The van der Waals surface area contributed by atoms with Gasteiger partial charge in [-0.2, -0.15) is 11.3 Å². The number of ether oxygens (including phenoxy) is 2. The van der Waals surface area contributed by atoms with Crippen LogP contribution >= 0.6 is 11.3 Å². The van der Waals surface area contributed by atoms with Gasteiger partial charge in [-0.3, -0.25) is 9.88 Å². The lowest BCUT2D eigenvalue weighted by atomic mass is 9.99. The minimum atomic E-state index is 0.232. The standard InChI is InChI=1S/C19H24N2O2S/c1-2-8-20-16(3-1)12-22-13-17-4-5-18-19(23-17)6-9-21(18)11-15-7-10-24-14-15/h1-3,7-8,10,14,17-19H,4-6,9,11-13H2/t17-,18-,19-/m0/s1. The maximum absolute atomic E-state index is 6.31. The third-order valence-electron chi connectivity index (χ3n) is 5.00. The Kier molecular flexibility index (Phi) is 5.23. The van der Waals surface area contributed by atoms with Crippen molar-refractivity contribution in [2.24, 2.45) is 0 Å². The minimum absolute atomic E-state index is 0.232. The summed E-state index contributed by atoms with van der Waals surface area (Å²) in [5.74, 6) is 0. The van der Waals surface area contributed by atoms with Crippen LogP contribution in [0.3, 0.4) is 0 Å². The molecule has 0 spiro atoms. The molecule has 2 aliphatic heterocycles. The number of hydrogen-bond acceptors (Lipinski definition) is 5. The summed E-state index contributed by atoms with van der Waals surface area (Å²) in [6.45, 7) is 3.45. The minimum Gasteiger partial charge on any atom is -0.372 e. The van der Waals surface area contributed by atoms with E-state index in [1.807, 2.05) is 18.2 Å². The van der Waals surface area contributed by atoms with Crippen molar-refractivity contribution in [2.45, 2.75) is 50.7 Å². The SMILES string of the molecule is c1ccc(COC[C@@H]2CC[C@H]3[C@H](CCN3Cc3ccsc3)O2)nc1. The molecule has 24 heavy (non-hydrogen) atoms. The molecule has 4 heterocycles. The van der Waals surface area contributed by atoms with Crippen LogP contribution in [0, 0.1) is 0 Å². The quantitative estimate of drug-likeness (QED) is 0.803. The number of aromatic nitrogens is 1. The molecular weight excluding hydrogens is 320 g/mol. The number of thiophene rings is 1. The Morgan fingerprint density at radius 1 is 1.25 bits per heavy atom. The third-order valence-corrected chi connectivity index (χ3v) is 5.73. The molecule has 0 amide bonds. The van der Waals surface area contributed by atoms with Crippen LogP contribution in [-0.2, 0) is 22.6 Å². The molecule has 0 bridgehead atoms. The van der Waals surface area contributed by atoms with E-state index in [2.05, 4.69) is 26.7 Å². The molecule has 4 rings (SSSR count). The number of likely N-dealkylation sites (tertiary alicyclic amines) is 1. The van der Waals surface area contributed by atoms with Gasteiger partial charge < -0.3 is 9.47 Å². The molecule has 128 valence electrons. The molecule has 2 aromatic rings. The second-order valence-electron chi connectivity index (χ2n) is 6.67. The van der Waals surface area contributed by atoms with Gasteiger partial charge in [-0.15, -0.1) is 0 Å². The zero-order chi connectivity index (χ0) is 16.2. The van der Waals surface area contributed by atoms with Gasteiger partial charge in [-0.1, -0.05) is 6.07 Å². The first-order chi connectivity index (χ1) is 11.9. The fourth-order valence-corrected chi connectivity index (χ4v) is 4.46. The first kappa shape index (κ1) is 16.2. The van der Waals surface area contributed by atoms with Crippen molar-refractivity contribution in [1.82, 2.24) is 9.88 Å². The Labute approximate surface area is 147 Å². The lowest BCUT2D eigenvalue weighted by Gasteiger charge is -2.36. The zero-order valence-corrected chi connectivity index (χ0v) is 14.7. The number of pyridine rings is 1. The molecule has 2 aromatic heterocycles. The first-order valence-electron chi connectivity index (χ1n) is 8.77. The van der Waals surface area contributed by atoms with E-state index in [9.17, 15) is 0 Å². The molecule has 2 fully saturated rings. The second-order valence-corrected chi connectivity index (χ2v) is 7.45. The monoisotopic (exact) mass is 344 g/mol. The van der Waals surface area contributed by atoms with Gasteiger partial charge >= 0.3 is 0 Å². The van der Waals surface area contributed by atoms with Crippen LogP contribution in [0.25, 0.3) is 0 Å². The predicted octanol–water partition coefficient (Wildman–Crippen LogP) is 3.48. The molecule has 2 saturated heterocycles. The largest absolute Gasteiger partial charge is 0.372 e. The summed E-state index contributed by atoms with van der Waals surface area (Å²) < 4.78 is 12.1. The molecule has 3 atom stereocenters. The van der Waals surface area contributed by atoms with Gasteiger partial charge in [-0.25, -0.2) is 0 Å². The number of rotatable bonds is 6. The normalized spacial score (nSPS) is 27.2. The Morgan fingerprint density at radius 3 is 3.08 bits per heavy atom. The summed E-state index contributed by atoms with van der Waals surface area (Å²) in [6, 6.07) is 8.73. The van der Waals surface area contributed by atoms with E-state index in [-0.39, 0.29) is 6.10 Å². The molecule has 2 aliphatic rings. The number of nitrogens with zero attached hydrogens (tertiary/aromatic N) is 2. The van der Waals surface area contributed by atoms with Crippen molar-refractivity contribution in [3.63, 3.8) is 0 Å². The highest BCUT2D eigenvalue weighted by Gasteiger charge is 2.39. The van der Waals surface area contributed by atoms with Crippen molar-refractivity contribution >= 4 is 11.3 Å². The summed E-state index contributed by atoms with van der Waals surface area (Å²) in [5, 5.41) is 4.42. The van der Waals surface area contributed by atoms with Gasteiger partial charge in [0, 0.05) is 25.3 Å². The van der Waals surface area contributed by atoms with E-state index in [1.54, 1.807) is 17.5 Å². The Hall–Kier alpha value is -1.27. The highest BCUT2D eigenvalue weighted by Crippen LogP contribution is 2.32. The van der Waals surface area contributed by atoms with Crippen LogP contribution in [0.5, 0.6) is 0 Å². The van der Waals surface area contributed by atoms with Crippen LogP contribution in [0.4, 0.5) is 0 Å². The van der Waals surface area contributed by atoms with Crippen molar-refractivity contribution in [3.05, 3.63) is 52.5 Å². The van der Waals surface area contributed by atoms with Gasteiger partial charge in [-0.05, 0) is 53.8 Å². The van der Waals surface area contributed by atoms with Crippen LogP contribution in [0.1, 0.15) is 30.5 Å². The van der Waals surface area contributed by atoms with Gasteiger partial charge in [0.1, 0.15) is 0 Å². The summed E-state index contributed by atoms with van der Waals surface area (Å²) in [7, 11) is 0. The van der Waals surface area contributed by atoms with E-state index in [0.29, 0.717) is 25.4 Å². The summed E-state index contributed by atoms with van der Waals surface area (Å²) >= 11 is 1.78. The Bertz CT molecular complexity index is 620. The zero-order valence-electron chi connectivity index (χ0n) is 13.8. The maximum Gasteiger partial charge on any atom is 0.0889 e. The van der Waals surface area contributed by atoms with E-state index < -0.39 is 0 Å². The van der Waals surface area contributed by atoms with E-state index in [4.69, 9.17) is 9.47 Å². The van der Waals surface area contributed by atoms with Gasteiger partial charge in [0.25, 0.3) is 0 Å². The van der Waals surface area contributed by atoms with Crippen molar-refractivity contribution in [2.75, 3.05) is 13.2 Å². The number of hydrogen-bond donors (Lipinski definition) is 0. The molecule has 0 N–H and O–H groups in total. The predicted molar refractivity (Wildman–Crippen MR) is 94.9 cm³/mol. The van der Waals surface area contributed by atoms with Gasteiger partial charge in [0.2, 0.25) is 0 Å². The van der Waals surface area contributed by atoms with Crippen LogP contribution < -0.4 is 0 Å². The average Bonchev–Trinajstić information content (AvgIpc) is 3.26. The summed E-state index contributed by atoms with van der Waals surface area (Å²) in [5.41, 5.74) is 2.41. The summed E-state index contributed by atoms with van der Waals surface area (Å²) in [6.07, 6.45) is 5.86.